The Kier molecular flexibility index (Phi) is 7.85. The average Bonchev–Trinajstić information content (AvgIpc) is 3.38. The maximum absolute atomic E-state index is 14.3. The molecule has 2 N–H and O–H groups in total. The molecule has 2 fully saturated rings. The van der Waals surface area contributed by atoms with E-state index in [0.29, 0.717) is 21.6 Å². The number of carbonyl (C=O) groups is 2. The van der Waals surface area contributed by atoms with Gasteiger partial charge in [-0.15, -0.1) is 11.3 Å². The van der Waals surface area contributed by atoms with E-state index in [1.165, 1.54) is 44.2 Å². The van der Waals surface area contributed by atoms with Crippen LogP contribution in [0.15, 0.2) is 54.7 Å². The number of thiophene rings is 1. The maximum Gasteiger partial charge on any atom is 0.261 e. The van der Waals surface area contributed by atoms with E-state index in [0.717, 1.165) is 35.9 Å². The second kappa shape index (κ2) is 11.2. The highest BCUT2D eigenvalue weighted by Crippen LogP contribution is 2.49. The molecule has 0 atom stereocenters. The predicted octanol–water partition coefficient (Wildman–Crippen LogP) is 6.99. The molecule has 0 radical (unpaired) electrons. The van der Waals surface area contributed by atoms with Crippen molar-refractivity contribution in [2.45, 2.75) is 76.3 Å². The molecule has 39 heavy (non-hydrogen) atoms. The largest absolute Gasteiger partial charge is 0.346 e. The standard InChI is InChI=1S/C31H35F2N3O2S/c1-30(2,27-10-6-7-15-34-27)35-28(37)19-31(17-21(18-31)20-8-4-3-5-9-20)36-29(38)26-14-13-25(39-26)23-12-11-22(32)16-24(23)33/h6-7,10-16,20-21H,3-5,8-9,17-19H2,1-2H3,(H,35,37)(H,36,38). The Morgan fingerprint density at radius 2 is 1.79 bits per heavy atom. The molecule has 8 heteroatoms. The molecule has 0 saturated heterocycles. The molecule has 5 rings (SSSR count). The first-order chi connectivity index (χ1) is 18.6. The van der Waals surface area contributed by atoms with Crippen LogP contribution in [0.1, 0.15) is 80.6 Å². The van der Waals surface area contributed by atoms with Crippen LogP contribution in [-0.2, 0) is 10.3 Å². The smallest absolute Gasteiger partial charge is 0.261 e. The van der Waals surface area contributed by atoms with Gasteiger partial charge in [-0.05, 0) is 74.9 Å². The van der Waals surface area contributed by atoms with Crippen LogP contribution in [0.4, 0.5) is 8.78 Å². The van der Waals surface area contributed by atoms with Crippen molar-refractivity contribution in [1.29, 1.82) is 0 Å². The Hall–Kier alpha value is -3.13. The number of halogens is 2. The summed E-state index contributed by atoms with van der Waals surface area (Å²) in [7, 11) is 0. The molecule has 2 aliphatic carbocycles. The van der Waals surface area contributed by atoms with E-state index >= 15 is 0 Å². The number of pyridine rings is 1. The highest BCUT2D eigenvalue weighted by atomic mass is 32.1. The molecule has 1 aromatic carbocycles. The van der Waals surface area contributed by atoms with E-state index < -0.39 is 22.7 Å². The van der Waals surface area contributed by atoms with Crippen LogP contribution in [-0.4, -0.2) is 22.3 Å². The average molecular weight is 552 g/mol. The zero-order chi connectivity index (χ0) is 27.6. The van der Waals surface area contributed by atoms with Gasteiger partial charge in [0.15, 0.2) is 0 Å². The van der Waals surface area contributed by atoms with E-state index in [1.807, 2.05) is 32.0 Å². The number of benzene rings is 1. The zero-order valence-electron chi connectivity index (χ0n) is 22.4. The molecule has 0 unspecified atom stereocenters. The summed E-state index contributed by atoms with van der Waals surface area (Å²) in [4.78, 5) is 32.1. The fourth-order valence-electron chi connectivity index (χ4n) is 6.27. The van der Waals surface area contributed by atoms with Gasteiger partial charge < -0.3 is 10.6 Å². The van der Waals surface area contributed by atoms with Gasteiger partial charge in [-0.25, -0.2) is 8.78 Å². The molecule has 2 aromatic heterocycles. The third-order valence-corrected chi connectivity index (χ3v) is 9.40. The molecule has 2 aliphatic rings. The molecule has 0 bridgehead atoms. The summed E-state index contributed by atoms with van der Waals surface area (Å²) in [6.45, 7) is 3.84. The first kappa shape index (κ1) is 27.4. The highest BCUT2D eigenvalue weighted by molar-refractivity contribution is 7.17. The minimum atomic E-state index is -0.665. The van der Waals surface area contributed by atoms with Crippen LogP contribution in [0, 0.1) is 23.5 Å². The molecule has 0 aliphatic heterocycles. The van der Waals surface area contributed by atoms with Gasteiger partial charge >= 0.3 is 0 Å². The summed E-state index contributed by atoms with van der Waals surface area (Å²) in [6.07, 6.45) is 9.63. The second-order valence-corrected chi connectivity index (χ2v) is 12.7. The molecule has 5 nitrogen and oxygen atoms in total. The topological polar surface area (TPSA) is 71.1 Å². The van der Waals surface area contributed by atoms with Crippen LogP contribution in [0.2, 0.25) is 0 Å². The van der Waals surface area contributed by atoms with Crippen LogP contribution in [0.25, 0.3) is 10.4 Å². The molecular weight excluding hydrogens is 516 g/mol. The number of aromatic nitrogens is 1. The maximum atomic E-state index is 14.3. The van der Waals surface area contributed by atoms with Gasteiger partial charge in [0, 0.05) is 34.7 Å². The van der Waals surface area contributed by atoms with Crippen LogP contribution >= 0.6 is 11.3 Å². The summed E-state index contributed by atoms with van der Waals surface area (Å²) >= 11 is 1.16. The molecule has 206 valence electrons. The van der Waals surface area contributed by atoms with E-state index in [2.05, 4.69) is 15.6 Å². The van der Waals surface area contributed by atoms with Crippen molar-refractivity contribution >= 4 is 23.2 Å². The Labute approximate surface area is 232 Å². The Morgan fingerprint density at radius 1 is 1.03 bits per heavy atom. The lowest BCUT2D eigenvalue weighted by molar-refractivity contribution is -0.126. The van der Waals surface area contributed by atoms with Crippen molar-refractivity contribution in [3.05, 3.63) is 76.9 Å². The van der Waals surface area contributed by atoms with Crippen LogP contribution in [0.3, 0.4) is 0 Å². The quantitative estimate of drug-likeness (QED) is 0.317. The second-order valence-electron chi connectivity index (χ2n) is 11.7. The summed E-state index contributed by atoms with van der Waals surface area (Å²) in [6, 6.07) is 12.4. The number of rotatable bonds is 8. The Balaban J connectivity index is 1.31. The SMILES string of the molecule is CC(C)(NC(=O)CC1(NC(=O)c2ccc(-c3ccc(F)cc3F)s2)CC(C2CCCCC2)C1)c1ccccn1. The van der Waals surface area contributed by atoms with Crippen molar-refractivity contribution in [1.82, 2.24) is 15.6 Å². The van der Waals surface area contributed by atoms with Gasteiger partial charge in [0.2, 0.25) is 5.91 Å². The molecule has 0 spiro atoms. The van der Waals surface area contributed by atoms with Gasteiger partial charge in [0.1, 0.15) is 11.6 Å². The summed E-state index contributed by atoms with van der Waals surface area (Å²) in [5, 5.41) is 6.32. The number of carbonyl (C=O) groups excluding carboxylic acids is 2. The first-order valence-electron chi connectivity index (χ1n) is 13.7. The predicted molar refractivity (Wildman–Crippen MR) is 149 cm³/mol. The fraction of sp³-hybridized carbons (Fsp3) is 0.452. The van der Waals surface area contributed by atoms with E-state index in [9.17, 15) is 18.4 Å². The monoisotopic (exact) mass is 551 g/mol. The molecular formula is C31H35F2N3O2S. The molecule has 3 aromatic rings. The van der Waals surface area contributed by atoms with Gasteiger partial charge in [0.05, 0.1) is 16.1 Å². The Morgan fingerprint density at radius 3 is 2.49 bits per heavy atom. The van der Waals surface area contributed by atoms with Crippen molar-refractivity contribution in [2.75, 3.05) is 0 Å². The number of nitrogens with one attached hydrogen (secondary N) is 2. The summed E-state index contributed by atoms with van der Waals surface area (Å²) in [5.41, 5.74) is -0.260. The highest BCUT2D eigenvalue weighted by Gasteiger charge is 2.49. The van der Waals surface area contributed by atoms with E-state index in [-0.39, 0.29) is 23.8 Å². The van der Waals surface area contributed by atoms with Crippen LogP contribution in [0.5, 0.6) is 0 Å². The fourth-order valence-corrected chi connectivity index (χ4v) is 7.19. The zero-order valence-corrected chi connectivity index (χ0v) is 23.3. The summed E-state index contributed by atoms with van der Waals surface area (Å²) < 4.78 is 27.7. The number of amides is 2. The Bertz CT molecular complexity index is 1330. The summed E-state index contributed by atoms with van der Waals surface area (Å²) in [5.74, 6) is -0.571. The number of nitrogens with zero attached hydrogens (tertiary/aromatic N) is 1. The van der Waals surface area contributed by atoms with Crippen molar-refractivity contribution in [2.24, 2.45) is 11.8 Å². The lowest BCUT2D eigenvalue weighted by Crippen LogP contribution is -2.61. The third kappa shape index (κ3) is 6.21. The number of hydrogen-bond donors (Lipinski definition) is 2. The molecule has 2 amide bonds. The first-order valence-corrected chi connectivity index (χ1v) is 14.6. The number of hydrogen-bond acceptors (Lipinski definition) is 4. The molecule has 2 heterocycles. The van der Waals surface area contributed by atoms with Crippen molar-refractivity contribution in [3.63, 3.8) is 0 Å². The third-order valence-electron chi connectivity index (χ3n) is 8.28. The minimum Gasteiger partial charge on any atom is -0.346 e. The lowest BCUT2D eigenvalue weighted by Gasteiger charge is -2.51. The van der Waals surface area contributed by atoms with Gasteiger partial charge in [-0.2, -0.15) is 0 Å². The van der Waals surface area contributed by atoms with E-state index in [1.54, 1.807) is 18.3 Å². The van der Waals surface area contributed by atoms with Gasteiger partial charge in [-0.1, -0.05) is 38.2 Å². The normalized spacial score (nSPS) is 21.7. The van der Waals surface area contributed by atoms with Gasteiger partial charge in [0.25, 0.3) is 5.91 Å². The van der Waals surface area contributed by atoms with Crippen molar-refractivity contribution < 1.29 is 18.4 Å². The van der Waals surface area contributed by atoms with E-state index in [4.69, 9.17) is 0 Å². The van der Waals surface area contributed by atoms with Crippen LogP contribution < -0.4 is 10.6 Å². The van der Waals surface area contributed by atoms with Crippen molar-refractivity contribution in [3.8, 4) is 10.4 Å². The minimum absolute atomic E-state index is 0.131. The lowest BCUT2D eigenvalue weighted by atomic mass is 9.59. The van der Waals surface area contributed by atoms with Gasteiger partial charge in [-0.3, -0.25) is 14.6 Å². The molecule has 2 saturated carbocycles.